The molecule has 116 valence electrons. The van der Waals surface area contributed by atoms with Crippen LogP contribution in [0.1, 0.15) is 12.0 Å². The molecule has 21 heavy (non-hydrogen) atoms. The van der Waals surface area contributed by atoms with E-state index in [4.69, 9.17) is 5.11 Å². The van der Waals surface area contributed by atoms with Crippen molar-refractivity contribution in [2.45, 2.75) is 36.5 Å². The number of benzene rings is 1. The SMILES string of the molecule is Cc1ccc(S(=O)(=O)N2C[C@@H](O)[C@@H](O)C[C@H]2C(=O)O)cc1. The number of aliphatic carboxylic acids is 1. The molecule has 0 aromatic heterocycles. The zero-order chi connectivity index (χ0) is 15.8. The average molecular weight is 315 g/mol. The smallest absolute Gasteiger partial charge is 0.322 e. The summed E-state index contributed by atoms with van der Waals surface area (Å²) in [6.45, 7) is 1.35. The van der Waals surface area contributed by atoms with Crippen molar-refractivity contribution in [3.8, 4) is 0 Å². The van der Waals surface area contributed by atoms with Crippen LogP contribution in [0.25, 0.3) is 0 Å². The number of hydrogen-bond donors (Lipinski definition) is 3. The highest BCUT2D eigenvalue weighted by atomic mass is 32.2. The van der Waals surface area contributed by atoms with Gasteiger partial charge < -0.3 is 15.3 Å². The van der Waals surface area contributed by atoms with Gasteiger partial charge in [-0.15, -0.1) is 0 Å². The normalized spacial score (nSPS) is 27.5. The van der Waals surface area contributed by atoms with Crippen LogP contribution in [-0.2, 0) is 14.8 Å². The molecular formula is C13H17NO6S. The van der Waals surface area contributed by atoms with Crippen LogP contribution in [0.2, 0.25) is 0 Å². The molecule has 0 amide bonds. The van der Waals surface area contributed by atoms with Crippen LogP contribution < -0.4 is 0 Å². The molecule has 1 fully saturated rings. The van der Waals surface area contributed by atoms with Gasteiger partial charge in [-0.1, -0.05) is 17.7 Å². The van der Waals surface area contributed by atoms with Crippen molar-refractivity contribution in [1.82, 2.24) is 4.31 Å². The molecule has 1 aromatic rings. The molecule has 1 aliphatic rings. The first kappa shape index (κ1) is 15.9. The Balaban J connectivity index is 2.40. The van der Waals surface area contributed by atoms with Crippen LogP contribution >= 0.6 is 0 Å². The van der Waals surface area contributed by atoms with Crippen molar-refractivity contribution in [3.05, 3.63) is 29.8 Å². The number of aliphatic hydroxyl groups is 2. The Morgan fingerprint density at radius 1 is 1.19 bits per heavy atom. The summed E-state index contributed by atoms with van der Waals surface area (Å²) < 4.78 is 25.8. The number of carboxylic acids is 1. The Hall–Kier alpha value is -1.48. The molecule has 0 radical (unpaired) electrons. The third-order valence-corrected chi connectivity index (χ3v) is 5.43. The predicted molar refractivity (Wildman–Crippen MR) is 73.1 cm³/mol. The summed E-state index contributed by atoms with van der Waals surface area (Å²) in [5.74, 6) is -1.35. The largest absolute Gasteiger partial charge is 0.480 e. The van der Waals surface area contributed by atoms with Gasteiger partial charge in [-0.3, -0.25) is 4.79 Å². The van der Waals surface area contributed by atoms with Crippen molar-refractivity contribution in [2.75, 3.05) is 6.54 Å². The van der Waals surface area contributed by atoms with Gasteiger partial charge in [0.2, 0.25) is 10.0 Å². The van der Waals surface area contributed by atoms with E-state index < -0.39 is 40.8 Å². The molecule has 0 saturated carbocycles. The van der Waals surface area contributed by atoms with E-state index in [1.54, 1.807) is 19.1 Å². The Morgan fingerprint density at radius 3 is 2.29 bits per heavy atom. The number of carbonyl (C=O) groups is 1. The Kier molecular flexibility index (Phi) is 4.33. The molecular weight excluding hydrogens is 298 g/mol. The van der Waals surface area contributed by atoms with E-state index in [0.29, 0.717) is 0 Å². The Labute approximate surface area is 122 Å². The number of sulfonamides is 1. The molecule has 1 saturated heterocycles. The molecule has 0 spiro atoms. The van der Waals surface area contributed by atoms with E-state index in [2.05, 4.69) is 0 Å². The summed E-state index contributed by atoms with van der Waals surface area (Å²) >= 11 is 0. The highest BCUT2D eigenvalue weighted by Crippen LogP contribution is 2.26. The molecule has 3 atom stereocenters. The van der Waals surface area contributed by atoms with Crippen LogP contribution in [0.4, 0.5) is 0 Å². The summed E-state index contributed by atoms with van der Waals surface area (Å²) in [5.41, 5.74) is 0.873. The van der Waals surface area contributed by atoms with E-state index in [-0.39, 0.29) is 11.3 Å². The van der Waals surface area contributed by atoms with Gasteiger partial charge in [-0.05, 0) is 19.1 Å². The molecule has 3 N–H and O–H groups in total. The zero-order valence-corrected chi connectivity index (χ0v) is 12.2. The maximum atomic E-state index is 12.5. The van der Waals surface area contributed by atoms with E-state index in [1.165, 1.54) is 12.1 Å². The Morgan fingerprint density at radius 2 is 1.76 bits per heavy atom. The van der Waals surface area contributed by atoms with Gasteiger partial charge in [-0.25, -0.2) is 8.42 Å². The van der Waals surface area contributed by atoms with E-state index in [9.17, 15) is 23.4 Å². The molecule has 0 aliphatic carbocycles. The van der Waals surface area contributed by atoms with Crippen molar-refractivity contribution in [2.24, 2.45) is 0 Å². The monoisotopic (exact) mass is 315 g/mol. The van der Waals surface area contributed by atoms with E-state index in [0.717, 1.165) is 9.87 Å². The quantitative estimate of drug-likeness (QED) is 0.697. The molecule has 8 heteroatoms. The minimum atomic E-state index is -4.05. The minimum Gasteiger partial charge on any atom is -0.480 e. The van der Waals surface area contributed by atoms with Crippen molar-refractivity contribution in [1.29, 1.82) is 0 Å². The van der Waals surface area contributed by atoms with E-state index in [1.807, 2.05) is 0 Å². The first-order chi connectivity index (χ1) is 9.73. The molecule has 1 aliphatic heterocycles. The molecule has 1 aromatic carbocycles. The fourth-order valence-electron chi connectivity index (χ4n) is 2.27. The first-order valence-electron chi connectivity index (χ1n) is 6.41. The second-order valence-corrected chi connectivity index (χ2v) is 7.00. The van der Waals surface area contributed by atoms with Crippen molar-refractivity contribution in [3.63, 3.8) is 0 Å². The number of aryl methyl sites for hydroxylation is 1. The number of piperidine rings is 1. The fraction of sp³-hybridized carbons (Fsp3) is 0.462. The van der Waals surface area contributed by atoms with Gasteiger partial charge in [0.15, 0.2) is 0 Å². The summed E-state index contributed by atoms with van der Waals surface area (Å²) in [6, 6.07) is 4.60. The third-order valence-electron chi connectivity index (χ3n) is 3.54. The highest BCUT2D eigenvalue weighted by Gasteiger charge is 2.44. The lowest BCUT2D eigenvalue weighted by Gasteiger charge is -2.37. The second-order valence-electron chi connectivity index (χ2n) is 5.11. The summed E-state index contributed by atoms with van der Waals surface area (Å²) in [6.07, 6.45) is -2.90. The Bertz CT molecular complexity index is 627. The van der Waals surface area contributed by atoms with Crippen LogP contribution in [0.3, 0.4) is 0 Å². The van der Waals surface area contributed by atoms with Gasteiger partial charge >= 0.3 is 5.97 Å². The lowest BCUT2D eigenvalue weighted by atomic mass is 10.00. The predicted octanol–water partition coefficient (Wildman–Crippen LogP) is -0.436. The number of hydrogen-bond acceptors (Lipinski definition) is 5. The van der Waals surface area contributed by atoms with Gasteiger partial charge in [0.05, 0.1) is 17.1 Å². The summed E-state index contributed by atoms with van der Waals surface area (Å²) in [4.78, 5) is 11.2. The van der Waals surface area contributed by atoms with Crippen LogP contribution in [0.15, 0.2) is 29.2 Å². The fourth-order valence-corrected chi connectivity index (χ4v) is 3.88. The van der Waals surface area contributed by atoms with E-state index >= 15 is 0 Å². The summed E-state index contributed by atoms with van der Waals surface area (Å²) in [7, 11) is -4.05. The van der Waals surface area contributed by atoms with Crippen LogP contribution in [0.5, 0.6) is 0 Å². The van der Waals surface area contributed by atoms with Gasteiger partial charge in [0, 0.05) is 13.0 Å². The maximum absolute atomic E-state index is 12.5. The molecule has 1 heterocycles. The van der Waals surface area contributed by atoms with Gasteiger partial charge in [0.25, 0.3) is 0 Å². The molecule has 7 nitrogen and oxygen atoms in total. The molecule has 0 bridgehead atoms. The van der Waals surface area contributed by atoms with Gasteiger partial charge in [-0.2, -0.15) is 4.31 Å². The van der Waals surface area contributed by atoms with Crippen molar-refractivity contribution < 1.29 is 28.5 Å². The lowest BCUT2D eigenvalue weighted by molar-refractivity contribution is -0.146. The number of carboxylic acid groups (broad SMARTS) is 1. The zero-order valence-electron chi connectivity index (χ0n) is 11.4. The number of β-amino-alcohol motifs (C(OH)–C–C–N with tert-alkyl or cyclic N) is 1. The first-order valence-corrected chi connectivity index (χ1v) is 7.85. The highest BCUT2D eigenvalue weighted by molar-refractivity contribution is 7.89. The third kappa shape index (κ3) is 3.08. The standard InChI is InChI=1S/C13H17NO6S/c1-8-2-4-9(5-3-8)21(19,20)14-7-12(16)11(15)6-10(14)13(17)18/h2-5,10-12,15-16H,6-7H2,1H3,(H,17,18)/t10-,11-,12+/m0/s1. The topological polar surface area (TPSA) is 115 Å². The second kappa shape index (κ2) is 5.72. The summed E-state index contributed by atoms with van der Waals surface area (Å²) in [5, 5.41) is 28.4. The average Bonchev–Trinajstić information content (AvgIpc) is 2.41. The molecule has 2 rings (SSSR count). The van der Waals surface area contributed by atoms with Crippen LogP contribution in [-0.4, -0.2) is 58.8 Å². The number of rotatable bonds is 3. The minimum absolute atomic E-state index is 0.0389. The maximum Gasteiger partial charge on any atom is 0.322 e. The number of aliphatic hydroxyl groups excluding tert-OH is 2. The van der Waals surface area contributed by atoms with Gasteiger partial charge in [0.1, 0.15) is 6.04 Å². The lowest BCUT2D eigenvalue weighted by Crippen LogP contribution is -2.57. The van der Waals surface area contributed by atoms with Crippen LogP contribution in [0, 0.1) is 6.92 Å². The number of nitrogens with zero attached hydrogens (tertiary/aromatic N) is 1. The molecule has 0 unspecified atom stereocenters. The van der Waals surface area contributed by atoms with Crippen molar-refractivity contribution >= 4 is 16.0 Å².